The van der Waals surface area contributed by atoms with Crippen molar-refractivity contribution in [1.29, 1.82) is 0 Å². The molecule has 25 heavy (non-hydrogen) atoms. The molecule has 0 bridgehead atoms. The van der Waals surface area contributed by atoms with E-state index in [9.17, 15) is 30.7 Å². The zero-order valence-electron chi connectivity index (χ0n) is 12.9. The molecular weight excluding hydrogens is 419 g/mol. The first kappa shape index (κ1) is 19.7. The fraction of sp³-hybridized carbons (Fsp3) is 0.312. The van der Waals surface area contributed by atoms with Gasteiger partial charge in [0.15, 0.2) is 0 Å². The van der Waals surface area contributed by atoms with Crippen molar-refractivity contribution in [2.75, 3.05) is 0 Å². The Labute approximate surface area is 147 Å². The number of benzene rings is 1. The maximum absolute atomic E-state index is 14.7. The normalized spacial score (nSPS) is 13.2. The summed E-state index contributed by atoms with van der Waals surface area (Å²) in [5.41, 5.74) is -7.40. The number of nitrogens with zero attached hydrogens (tertiary/aromatic N) is 1. The molecule has 0 aliphatic carbocycles. The SMILES string of the molecule is Cc1cc(C)c(-c2cncc(Br)c2)c(C(F)(C(F)(F)F)C(F)(F)F)c1. The zero-order chi connectivity index (χ0) is 19.2. The first-order valence-electron chi connectivity index (χ1n) is 6.84. The molecule has 9 heteroatoms. The van der Waals surface area contributed by atoms with Crippen LogP contribution in [0.15, 0.2) is 35.1 Å². The lowest BCUT2D eigenvalue weighted by molar-refractivity contribution is -0.348. The first-order chi connectivity index (χ1) is 11.3. The van der Waals surface area contributed by atoms with Crippen molar-refractivity contribution in [2.24, 2.45) is 0 Å². The van der Waals surface area contributed by atoms with E-state index in [0.29, 0.717) is 10.5 Å². The Hall–Kier alpha value is -1.64. The highest BCUT2D eigenvalue weighted by Gasteiger charge is 2.74. The number of hydrogen-bond donors (Lipinski definition) is 0. The van der Waals surface area contributed by atoms with Crippen molar-refractivity contribution >= 4 is 15.9 Å². The second-order valence-corrected chi connectivity index (χ2v) is 6.47. The maximum atomic E-state index is 14.7. The largest absolute Gasteiger partial charge is 0.435 e. The van der Waals surface area contributed by atoms with Crippen molar-refractivity contribution < 1.29 is 30.7 Å². The maximum Gasteiger partial charge on any atom is 0.435 e. The van der Waals surface area contributed by atoms with E-state index in [0.717, 1.165) is 6.20 Å². The Morgan fingerprint density at radius 3 is 1.88 bits per heavy atom. The topological polar surface area (TPSA) is 12.9 Å². The molecule has 2 rings (SSSR count). The Bertz CT molecular complexity index is 782. The number of hydrogen-bond acceptors (Lipinski definition) is 1. The lowest BCUT2D eigenvalue weighted by Gasteiger charge is -2.32. The van der Waals surface area contributed by atoms with Gasteiger partial charge in [-0.05, 0) is 47.0 Å². The Morgan fingerprint density at radius 2 is 1.40 bits per heavy atom. The highest BCUT2D eigenvalue weighted by molar-refractivity contribution is 9.10. The molecule has 2 aromatic rings. The standard InChI is InChI=1S/C16H11BrF7N/c1-8-3-9(2)13(10-5-11(17)7-25-6-10)12(4-8)14(18,15(19,20)21)16(22,23)24/h3-7H,1-2H3. The number of aromatic nitrogens is 1. The van der Waals surface area contributed by atoms with Gasteiger partial charge >= 0.3 is 18.0 Å². The molecule has 0 unspecified atom stereocenters. The van der Waals surface area contributed by atoms with Gasteiger partial charge in [-0.2, -0.15) is 26.3 Å². The predicted molar refractivity (Wildman–Crippen MR) is 81.7 cm³/mol. The zero-order valence-corrected chi connectivity index (χ0v) is 14.4. The van der Waals surface area contributed by atoms with E-state index in [2.05, 4.69) is 20.9 Å². The fourth-order valence-corrected chi connectivity index (χ4v) is 3.00. The van der Waals surface area contributed by atoms with Gasteiger partial charge in [0.05, 0.1) is 0 Å². The van der Waals surface area contributed by atoms with Crippen LogP contribution in [0.1, 0.15) is 16.7 Å². The molecule has 0 saturated heterocycles. The highest BCUT2D eigenvalue weighted by atomic mass is 79.9. The van der Waals surface area contributed by atoms with Crippen molar-refractivity contribution in [3.05, 3.63) is 51.8 Å². The molecule has 0 N–H and O–H groups in total. The molecule has 1 aromatic heterocycles. The average molecular weight is 430 g/mol. The fourth-order valence-electron chi connectivity index (χ4n) is 2.64. The average Bonchev–Trinajstić information content (AvgIpc) is 2.43. The van der Waals surface area contributed by atoms with Crippen LogP contribution in [0, 0.1) is 13.8 Å². The summed E-state index contributed by atoms with van der Waals surface area (Å²) >= 11 is 3.05. The van der Waals surface area contributed by atoms with Crippen LogP contribution in [0.2, 0.25) is 0 Å². The van der Waals surface area contributed by atoms with E-state index in [1.807, 2.05) is 0 Å². The molecule has 0 spiro atoms. The molecule has 1 nitrogen and oxygen atoms in total. The van der Waals surface area contributed by atoms with E-state index in [-0.39, 0.29) is 16.7 Å². The van der Waals surface area contributed by atoms with Gasteiger partial charge < -0.3 is 0 Å². The van der Waals surface area contributed by atoms with Crippen LogP contribution in [-0.2, 0) is 5.67 Å². The predicted octanol–water partition coefficient (Wildman–Crippen LogP) is 6.42. The molecule has 1 aromatic carbocycles. The molecule has 0 radical (unpaired) electrons. The molecule has 0 aliphatic heterocycles. The van der Waals surface area contributed by atoms with Crippen LogP contribution in [0.3, 0.4) is 0 Å². The van der Waals surface area contributed by atoms with Crippen molar-refractivity contribution in [1.82, 2.24) is 4.98 Å². The van der Waals surface area contributed by atoms with Crippen LogP contribution in [0.4, 0.5) is 30.7 Å². The molecule has 0 fully saturated rings. The molecular formula is C16H11BrF7N. The van der Waals surface area contributed by atoms with E-state index in [1.54, 1.807) is 0 Å². The van der Waals surface area contributed by atoms with Crippen molar-refractivity contribution in [3.63, 3.8) is 0 Å². The number of halogens is 8. The number of alkyl halides is 7. The Kier molecular flexibility index (Phi) is 4.93. The summed E-state index contributed by atoms with van der Waals surface area (Å²) in [6.45, 7) is 2.62. The molecule has 1 heterocycles. The third kappa shape index (κ3) is 3.38. The molecule has 136 valence electrons. The smallest absolute Gasteiger partial charge is 0.263 e. The van der Waals surface area contributed by atoms with E-state index >= 15 is 0 Å². The third-order valence-corrected chi connectivity index (χ3v) is 4.06. The Morgan fingerprint density at radius 1 is 0.840 bits per heavy atom. The Balaban J connectivity index is 2.94. The third-order valence-electron chi connectivity index (χ3n) is 3.63. The summed E-state index contributed by atoms with van der Waals surface area (Å²) in [5, 5.41) is 0. The van der Waals surface area contributed by atoms with Crippen LogP contribution in [0.25, 0.3) is 11.1 Å². The molecule has 0 saturated carbocycles. The second kappa shape index (κ2) is 6.26. The van der Waals surface area contributed by atoms with Gasteiger partial charge in [0.2, 0.25) is 0 Å². The molecule has 0 atom stereocenters. The monoisotopic (exact) mass is 429 g/mol. The van der Waals surface area contributed by atoms with E-state index < -0.39 is 29.1 Å². The van der Waals surface area contributed by atoms with Gasteiger partial charge in [-0.25, -0.2) is 4.39 Å². The van der Waals surface area contributed by atoms with Gasteiger partial charge in [-0.3, -0.25) is 4.98 Å². The highest BCUT2D eigenvalue weighted by Crippen LogP contribution is 2.55. The minimum absolute atomic E-state index is 0.0580. The summed E-state index contributed by atoms with van der Waals surface area (Å²) in [7, 11) is 0. The van der Waals surface area contributed by atoms with E-state index in [4.69, 9.17) is 0 Å². The van der Waals surface area contributed by atoms with Gasteiger partial charge in [-0.1, -0.05) is 17.7 Å². The van der Waals surface area contributed by atoms with Crippen LogP contribution >= 0.6 is 15.9 Å². The lowest BCUT2D eigenvalue weighted by Crippen LogP contribution is -2.50. The minimum atomic E-state index is -6.18. The summed E-state index contributed by atoms with van der Waals surface area (Å²) in [4.78, 5) is 3.74. The van der Waals surface area contributed by atoms with Gasteiger partial charge in [0.25, 0.3) is 0 Å². The van der Waals surface area contributed by atoms with E-state index in [1.165, 1.54) is 32.2 Å². The lowest BCUT2D eigenvalue weighted by atomic mass is 9.84. The van der Waals surface area contributed by atoms with Crippen LogP contribution < -0.4 is 0 Å². The number of pyridine rings is 1. The second-order valence-electron chi connectivity index (χ2n) is 5.55. The first-order valence-corrected chi connectivity index (χ1v) is 7.63. The minimum Gasteiger partial charge on any atom is -0.263 e. The summed E-state index contributed by atoms with van der Waals surface area (Å²) in [6, 6.07) is 3.23. The summed E-state index contributed by atoms with van der Waals surface area (Å²) < 4.78 is 94.2. The van der Waals surface area contributed by atoms with Gasteiger partial charge in [-0.15, -0.1) is 0 Å². The number of aryl methyl sites for hydroxylation is 2. The van der Waals surface area contributed by atoms with Crippen molar-refractivity contribution in [3.8, 4) is 11.1 Å². The summed E-state index contributed by atoms with van der Waals surface area (Å²) in [6.07, 6.45) is -9.97. The quantitative estimate of drug-likeness (QED) is 0.502. The number of rotatable bonds is 2. The summed E-state index contributed by atoms with van der Waals surface area (Å²) in [5.74, 6) is 0. The van der Waals surface area contributed by atoms with Gasteiger partial charge in [0.1, 0.15) is 0 Å². The van der Waals surface area contributed by atoms with Crippen LogP contribution in [-0.4, -0.2) is 17.3 Å². The van der Waals surface area contributed by atoms with Crippen molar-refractivity contribution in [2.45, 2.75) is 31.9 Å². The van der Waals surface area contributed by atoms with Crippen LogP contribution in [0.5, 0.6) is 0 Å². The molecule has 0 amide bonds. The molecule has 0 aliphatic rings. The van der Waals surface area contributed by atoms with Gasteiger partial charge in [0, 0.05) is 28.0 Å².